The predicted octanol–water partition coefficient (Wildman–Crippen LogP) is 2.20. The number of hydrogen-bond acceptors (Lipinski definition) is 7. The van der Waals surface area contributed by atoms with Gasteiger partial charge in [-0.3, -0.25) is 19.1 Å². The van der Waals surface area contributed by atoms with Crippen molar-refractivity contribution in [1.82, 2.24) is 9.55 Å². The number of aromatic nitrogens is 2. The van der Waals surface area contributed by atoms with Crippen LogP contribution in [0.2, 0.25) is 22.2 Å². The summed E-state index contributed by atoms with van der Waals surface area (Å²) in [4.78, 5) is 39.1. The van der Waals surface area contributed by atoms with Crippen LogP contribution in [-0.2, 0) is 18.1 Å². The summed E-state index contributed by atoms with van der Waals surface area (Å²) in [7, 11) is -4.64. The quantitative estimate of drug-likeness (QED) is 0.487. The number of ether oxygens (including phenoxy) is 1. The number of ketones is 1. The molecule has 2 heterocycles. The molecule has 1 aromatic rings. The highest BCUT2D eigenvalue weighted by molar-refractivity contribution is 6.78. The molecule has 32 heavy (non-hydrogen) atoms. The number of nitrogens with zero attached hydrogens (tertiary/aromatic N) is 1. The van der Waals surface area contributed by atoms with E-state index in [0.29, 0.717) is 11.1 Å². The number of nitrogens with one attached hydrogen (secondary N) is 1. The Kier molecular flexibility index (Phi) is 8.99. The maximum Gasteiger partial charge on any atom is 0.333 e. The van der Waals surface area contributed by atoms with Crippen LogP contribution in [-0.4, -0.2) is 56.9 Å². The Labute approximate surface area is 192 Å². The van der Waals surface area contributed by atoms with E-state index in [1.54, 1.807) is 0 Å². The summed E-state index contributed by atoms with van der Waals surface area (Å²) < 4.78 is 20.3. The van der Waals surface area contributed by atoms with Crippen molar-refractivity contribution in [2.75, 3.05) is 6.61 Å². The molecular formula is C21H38N2O7Si2. The van der Waals surface area contributed by atoms with Gasteiger partial charge in [0.05, 0.1) is 6.61 Å². The van der Waals surface area contributed by atoms with Crippen LogP contribution in [0.1, 0.15) is 61.6 Å². The number of aliphatic hydroxyl groups is 1. The normalized spacial score (nSPS) is 22.3. The number of rotatable bonds is 10. The van der Waals surface area contributed by atoms with Crippen LogP contribution in [0.5, 0.6) is 0 Å². The second-order valence-electron chi connectivity index (χ2n) is 9.77. The van der Waals surface area contributed by atoms with Crippen LogP contribution in [0, 0.1) is 0 Å². The molecule has 0 amide bonds. The van der Waals surface area contributed by atoms with Crippen LogP contribution in [0.3, 0.4) is 0 Å². The lowest BCUT2D eigenvalue weighted by Crippen LogP contribution is -2.57. The summed E-state index contributed by atoms with van der Waals surface area (Å²) in [5.74, 6) is -0.465. The van der Waals surface area contributed by atoms with Gasteiger partial charge in [0.25, 0.3) is 5.56 Å². The second kappa shape index (κ2) is 10.7. The minimum atomic E-state index is -2.95. The average molecular weight is 487 g/mol. The Morgan fingerprint density at radius 2 is 1.66 bits per heavy atom. The second-order valence-corrected chi connectivity index (χ2v) is 18.3. The highest BCUT2D eigenvalue weighted by Crippen LogP contribution is 2.41. The van der Waals surface area contributed by atoms with Gasteiger partial charge in [0, 0.05) is 12.3 Å². The number of carbonyl (C=O) groups is 1. The molecule has 1 aliphatic rings. The topological polar surface area (TPSA) is 120 Å². The van der Waals surface area contributed by atoms with Gasteiger partial charge >= 0.3 is 14.3 Å². The van der Waals surface area contributed by atoms with Crippen molar-refractivity contribution in [3.05, 3.63) is 33.1 Å². The summed E-state index contributed by atoms with van der Waals surface area (Å²) in [6.07, 6.45) is -2.06. The minimum Gasteiger partial charge on any atom is -0.437 e. The first-order valence-electron chi connectivity index (χ1n) is 11.3. The van der Waals surface area contributed by atoms with Gasteiger partial charge in [0.15, 0.2) is 15.3 Å². The van der Waals surface area contributed by atoms with E-state index in [1.807, 2.05) is 0 Å². The lowest BCUT2D eigenvalue weighted by molar-refractivity contribution is -0.130. The molecular weight excluding hydrogens is 448 g/mol. The fourth-order valence-electron chi connectivity index (χ4n) is 4.41. The molecule has 1 saturated heterocycles. The van der Waals surface area contributed by atoms with Gasteiger partial charge in [0.2, 0.25) is 5.78 Å². The van der Waals surface area contributed by atoms with E-state index in [4.69, 9.17) is 13.3 Å². The molecule has 0 aromatic carbocycles. The largest absolute Gasteiger partial charge is 0.437 e. The average Bonchev–Trinajstić information content (AvgIpc) is 2.99. The molecule has 0 saturated carbocycles. The van der Waals surface area contributed by atoms with Crippen LogP contribution in [0.4, 0.5) is 0 Å². The molecule has 9 nitrogen and oxygen atoms in total. The zero-order valence-corrected chi connectivity index (χ0v) is 22.5. The molecule has 0 aliphatic carbocycles. The number of carbonyl (C=O) groups excluding carboxylic acids is 1. The van der Waals surface area contributed by atoms with E-state index in [-0.39, 0.29) is 11.1 Å². The highest BCUT2D eigenvalue weighted by Gasteiger charge is 2.55. The summed E-state index contributed by atoms with van der Waals surface area (Å²) in [5, 5.41) is 9.95. The summed E-state index contributed by atoms with van der Waals surface area (Å²) in [6.45, 7) is 16.4. The SMILES string of the molecule is CC(C)[SiH](O[Si](O[C@H]1C(=O)[C@H](n2ccc(=O)[nH]c2=O)O[C@@H]1CO)(C(C)C)C(C)C)C(C)C. The van der Waals surface area contributed by atoms with E-state index < -0.39 is 59.7 Å². The molecule has 2 rings (SSSR count). The number of Topliss-reactive ketones (excluding diaryl/α,β-unsaturated/α-hetero) is 1. The fourth-order valence-corrected chi connectivity index (χ4v) is 14.8. The highest BCUT2D eigenvalue weighted by atomic mass is 28.4. The Bertz CT molecular complexity index is 881. The molecule has 3 atom stereocenters. The lowest BCUT2D eigenvalue weighted by atomic mass is 10.1. The number of H-pyrrole nitrogens is 1. The Morgan fingerprint density at radius 3 is 2.09 bits per heavy atom. The standard InChI is InChI=1S/C21H38N2O7Si2/c1-12(2)31(13(3)4)30-32(14(5)6,15(7)8)29-19-16(11-24)28-20(18(19)26)23-10-9-17(25)22-21(23)27/h9-10,12-16,19-20,24,31H,11H2,1-8H3,(H,22,25,27)/t16-,19-,20-/m1/s1. The van der Waals surface area contributed by atoms with Gasteiger partial charge in [-0.2, -0.15) is 0 Å². The Morgan fingerprint density at radius 1 is 1.09 bits per heavy atom. The predicted molar refractivity (Wildman–Crippen MR) is 127 cm³/mol. The van der Waals surface area contributed by atoms with Crippen molar-refractivity contribution in [2.45, 2.75) is 96.0 Å². The number of hydrogen-bond donors (Lipinski definition) is 2. The summed E-state index contributed by atoms with van der Waals surface area (Å²) in [6, 6.07) is 1.14. The van der Waals surface area contributed by atoms with Crippen molar-refractivity contribution < 1.29 is 23.2 Å². The van der Waals surface area contributed by atoms with Gasteiger partial charge in [-0.15, -0.1) is 0 Å². The van der Waals surface area contributed by atoms with E-state index in [2.05, 4.69) is 60.4 Å². The number of aliphatic hydroxyl groups excluding tert-OH is 1. The minimum absolute atomic E-state index is 0.0528. The van der Waals surface area contributed by atoms with Crippen molar-refractivity contribution >= 4 is 23.4 Å². The van der Waals surface area contributed by atoms with Crippen molar-refractivity contribution in [1.29, 1.82) is 0 Å². The molecule has 1 aliphatic heterocycles. The number of aromatic amines is 1. The molecule has 0 unspecified atom stereocenters. The first kappa shape index (κ1) is 26.9. The summed E-state index contributed by atoms with van der Waals surface area (Å²) >= 11 is 0. The third-order valence-electron chi connectivity index (χ3n) is 6.00. The Hall–Kier alpha value is -1.38. The van der Waals surface area contributed by atoms with Gasteiger partial charge in [0.1, 0.15) is 12.2 Å². The van der Waals surface area contributed by atoms with E-state index >= 15 is 0 Å². The van der Waals surface area contributed by atoms with Gasteiger partial charge in [-0.1, -0.05) is 55.4 Å². The van der Waals surface area contributed by atoms with E-state index in [1.165, 1.54) is 6.20 Å². The van der Waals surface area contributed by atoms with Crippen molar-refractivity contribution in [3.63, 3.8) is 0 Å². The molecule has 0 spiro atoms. The van der Waals surface area contributed by atoms with Crippen LogP contribution in [0.25, 0.3) is 0 Å². The van der Waals surface area contributed by atoms with Gasteiger partial charge < -0.3 is 18.4 Å². The lowest BCUT2D eigenvalue weighted by Gasteiger charge is -2.44. The molecule has 0 bridgehead atoms. The molecule has 2 N–H and O–H groups in total. The smallest absolute Gasteiger partial charge is 0.333 e. The summed E-state index contributed by atoms with van der Waals surface area (Å²) in [5.41, 5.74) is -0.443. The van der Waals surface area contributed by atoms with Gasteiger partial charge in [-0.25, -0.2) is 4.79 Å². The third-order valence-corrected chi connectivity index (χ3v) is 15.0. The molecule has 1 aromatic heterocycles. The van der Waals surface area contributed by atoms with Crippen molar-refractivity contribution in [2.24, 2.45) is 0 Å². The molecule has 182 valence electrons. The van der Waals surface area contributed by atoms with Crippen LogP contribution in [0.15, 0.2) is 21.9 Å². The van der Waals surface area contributed by atoms with Crippen LogP contribution >= 0.6 is 0 Å². The third kappa shape index (κ3) is 5.40. The zero-order chi connectivity index (χ0) is 24.4. The fraction of sp³-hybridized carbons (Fsp3) is 0.762. The molecule has 0 radical (unpaired) electrons. The maximum atomic E-state index is 13.4. The maximum absolute atomic E-state index is 13.4. The first-order valence-corrected chi connectivity index (χ1v) is 15.1. The Balaban J connectivity index is 2.45. The van der Waals surface area contributed by atoms with Crippen molar-refractivity contribution in [3.8, 4) is 0 Å². The first-order chi connectivity index (χ1) is 14.8. The monoisotopic (exact) mass is 486 g/mol. The van der Waals surface area contributed by atoms with E-state index in [0.717, 1.165) is 10.6 Å². The zero-order valence-electron chi connectivity index (χ0n) is 20.3. The van der Waals surface area contributed by atoms with E-state index in [9.17, 15) is 19.5 Å². The molecule has 11 heteroatoms. The van der Waals surface area contributed by atoms with Gasteiger partial charge in [-0.05, 0) is 22.2 Å². The molecule has 1 fully saturated rings. The van der Waals surface area contributed by atoms with Crippen LogP contribution < -0.4 is 11.2 Å².